The molecule has 2 aliphatic heterocycles. The van der Waals surface area contributed by atoms with E-state index in [2.05, 4.69) is 15.2 Å². The van der Waals surface area contributed by atoms with Gasteiger partial charge in [-0.15, -0.1) is 0 Å². The van der Waals surface area contributed by atoms with Gasteiger partial charge in [-0.2, -0.15) is 5.10 Å². The molecule has 1 unspecified atom stereocenters. The monoisotopic (exact) mass is 511 g/mol. The van der Waals surface area contributed by atoms with Crippen LogP contribution in [0.2, 0.25) is 0 Å². The molecule has 8 nitrogen and oxygen atoms in total. The molecule has 194 valence electrons. The molecule has 0 spiro atoms. The summed E-state index contributed by atoms with van der Waals surface area (Å²) in [6.07, 6.45) is 8.58. The van der Waals surface area contributed by atoms with Gasteiger partial charge in [0, 0.05) is 18.9 Å². The number of benzene rings is 1. The van der Waals surface area contributed by atoms with E-state index in [1.807, 2.05) is 61.0 Å². The summed E-state index contributed by atoms with van der Waals surface area (Å²) in [5.74, 6) is 1.54. The molecule has 3 aliphatic rings. The molecule has 1 saturated carbocycles. The summed E-state index contributed by atoms with van der Waals surface area (Å²) in [5.41, 5.74) is 3.48. The van der Waals surface area contributed by atoms with Crippen molar-refractivity contribution in [3.63, 3.8) is 0 Å². The maximum absolute atomic E-state index is 14.2. The molecule has 0 saturated heterocycles. The quantitative estimate of drug-likeness (QED) is 0.449. The fraction of sp³-hybridized carbons (Fsp3) is 0.310. The number of rotatable bonds is 6. The zero-order valence-electron chi connectivity index (χ0n) is 21.7. The molecular formula is C29H30FN7O. The van der Waals surface area contributed by atoms with Crippen LogP contribution >= 0.6 is 0 Å². The van der Waals surface area contributed by atoms with Gasteiger partial charge in [0.25, 0.3) is 5.91 Å². The van der Waals surface area contributed by atoms with Gasteiger partial charge in [0.2, 0.25) is 5.96 Å². The summed E-state index contributed by atoms with van der Waals surface area (Å²) in [6, 6.07) is 13.1. The van der Waals surface area contributed by atoms with Crippen molar-refractivity contribution in [3.05, 3.63) is 83.5 Å². The van der Waals surface area contributed by atoms with Gasteiger partial charge in [0.05, 0.1) is 18.6 Å². The van der Waals surface area contributed by atoms with Crippen molar-refractivity contribution in [3.8, 4) is 0 Å². The number of amides is 1. The van der Waals surface area contributed by atoms with Crippen molar-refractivity contribution in [2.75, 3.05) is 17.3 Å². The lowest BCUT2D eigenvalue weighted by Gasteiger charge is -2.35. The van der Waals surface area contributed by atoms with Gasteiger partial charge in [-0.05, 0) is 62.9 Å². The van der Waals surface area contributed by atoms with Crippen molar-refractivity contribution in [2.45, 2.75) is 51.7 Å². The largest absolute Gasteiger partial charge is 0.338 e. The molecular weight excluding hydrogens is 481 g/mol. The van der Waals surface area contributed by atoms with Crippen LogP contribution in [0.15, 0.2) is 71.4 Å². The predicted octanol–water partition coefficient (Wildman–Crippen LogP) is 5.39. The first-order valence-corrected chi connectivity index (χ1v) is 13.0. The molecule has 3 aromatic rings. The number of aliphatic imine (C=N–C) groups is 1. The van der Waals surface area contributed by atoms with E-state index in [1.165, 1.54) is 6.07 Å². The highest BCUT2D eigenvalue weighted by Crippen LogP contribution is 2.43. The smallest absolute Gasteiger partial charge is 0.267 e. The number of allylic oxidation sites excluding steroid dienone is 4. The van der Waals surface area contributed by atoms with Crippen LogP contribution in [-0.4, -0.2) is 50.7 Å². The number of nitrogens with zero attached hydrogens (tertiary/aromatic N) is 6. The Morgan fingerprint density at radius 2 is 1.95 bits per heavy atom. The molecule has 1 aromatic carbocycles. The Hall–Kier alpha value is -4.27. The first-order chi connectivity index (χ1) is 18.4. The Morgan fingerprint density at radius 3 is 2.74 bits per heavy atom. The van der Waals surface area contributed by atoms with E-state index in [0.717, 1.165) is 41.9 Å². The molecule has 6 rings (SSSR count). The minimum Gasteiger partial charge on any atom is -0.338 e. The average molecular weight is 512 g/mol. The normalized spacial score (nSPS) is 20.8. The van der Waals surface area contributed by atoms with E-state index in [-0.39, 0.29) is 23.8 Å². The van der Waals surface area contributed by atoms with Crippen LogP contribution in [0.3, 0.4) is 0 Å². The molecule has 1 fully saturated rings. The third-order valence-electron chi connectivity index (χ3n) is 7.43. The van der Waals surface area contributed by atoms with E-state index < -0.39 is 0 Å². The number of halogens is 1. The first-order valence-electron chi connectivity index (χ1n) is 13.0. The third kappa shape index (κ3) is 4.08. The predicted molar refractivity (Wildman–Crippen MR) is 147 cm³/mol. The van der Waals surface area contributed by atoms with Crippen LogP contribution in [0.4, 0.5) is 21.7 Å². The molecule has 1 N–H and O–H groups in total. The van der Waals surface area contributed by atoms with E-state index >= 15 is 0 Å². The van der Waals surface area contributed by atoms with E-state index in [9.17, 15) is 9.18 Å². The zero-order chi connectivity index (χ0) is 26.4. The highest BCUT2D eigenvalue weighted by atomic mass is 19.1. The van der Waals surface area contributed by atoms with Gasteiger partial charge in [-0.3, -0.25) is 19.6 Å². The van der Waals surface area contributed by atoms with Gasteiger partial charge < -0.3 is 5.32 Å². The van der Waals surface area contributed by atoms with Crippen molar-refractivity contribution in [2.24, 2.45) is 4.99 Å². The standard InChI is InChI=1S/C29H30FN7O/c1-18(14-15-19(2)25-21(30)11-8-16-31-25)17-36-27-24(26(34-36)32-20-9-5-4-6-10-20)28(38)35(3)29-33-22-12-7-13-23(22)37(27)29/h4-6,8-11,14-16,22-23H,7,12-13,17H2,1-3H3,(H,32,34)/b18-14+,19-15+/t22?,23-/m0/s1. The second-order valence-electron chi connectivity index (χ2n) is 10.1. The Kier molecular flexibility index (Phi) is 6.06. The minimum absolute atomic E-state index is 0.123. The van der Waals surface area contributed by atoms with Gasteiger partial charge in [-0.1, -0.05) is 35.9 Å². The number of nitrogens with one attached hydrogen (secondary N) is 1. The first kappa shape index (κ1) is 24.1. The maximum atomic E-state index is 14.2. The van der Waals surface area contributed by atoms with E-state index in [1.54, 1.807) is 24.2 Å². The van der Waals surface area contributed by atoms with Gasteiger partial charge >= 0.3 is 0 Å². The molecule has 2 atom stereocenters. The summed E-state index contributed by atoms with van der Waals surface area (Å²) >= 11 is 0. The molecule has 0 bridgehead atoms. The Bertz CT molecular complexity index is 1490. The molecule has 38 heavy (non-hydrogen) atoms. The lowest BCUT2D eigenvalue weighted by molar-refractivity contribution is 0.0865. The number of aromatic nitrogens is 3. The fourth-order valence-electron chi connectivity index (χ4n) is 5.55. The number of pyridine rings is 1. The molecule has 2 aromatic heterocycles. The SMILES string of the molecule is C/C(=C\C=C(/C)c1ncccc1F)Cn1nc(Nc2ccccc2)c2c1N1C(=NC3CCC[C@@H]31)N(C)C2=O. The number of guanidine groups is 1. The van der Waals surface area contributed by atoms with Crippen molar-refractivity contribution < 1.29 is 9.18 Å². The minimum atomic E-state index is -0.348. The summed E-state index contributed by atoms with van der Waals surface area (Å²) in [6.45, 7) is 4.31. The Balaban J connectivity index is 1.40. The van der Waals surface area contributed by atoms with E-state index in [4.69, 9.17) is 10.1 Å². The zero-order valence-corrected chi connectivity index (χ0v) is 21.7. The van der Waals surface area contributed by atoms with Crippen molar-refractivity contribution in [1.29, 1.82) is 0 Å². The number of carbonyl (C=O) groups is 1. The Morgan fingerprint density at radius 1 is 1.13 bits per heavy atom. The molecule has 0 radical (unpaired) electrons. The average Bonchev–Trinajstić information content (AvgIpc) is 3.60. The maximum Gasteiger partial charge on any atom is 0.267 e. The Labute approximate surface area is 221 Å². The number of para-hydroxylation sites is 1. The van der Waals surface area contributed by atoms with Gasteiger partial charge in [0.15, 0.2) is 5.82 Å². The summed E-state index contributed by atoms with van der Waals surface area (Å²) in [5, 5.41) is 8.28. The highest BCUT2D eigenvalue weighted by Gasteiger charge is 2.49. The van der Waals surface area contributed by atoms with Crippen LogP contribution in [-0.2, 0) is 6.54 Å². The number of hydrogen-bond acceptors (Lipinski definition) is 6. The van der Waals surface area contributed by atoms with Gasteiger partial charge in [-0.25, -0.2) is 14.1 Å². The highest BCUT2D eigenvalue weighted by molar-refractivity contribution is 6.21. The van der Waals surface area contributed by atoms with Crippen LogP contribution in [0, 0.1) is 5.82 Å². The van der Waals surface area contributed by atoms with Crippen LogP contribution in [0.5, 0.6) is 0 Å². The van der Waals surface area contributed by atoms with Crippen LogP contribution in [0.25, 0.3) is 5.57 Å². The summed E-state index contributed by atoms with van der Waals surface area (Å²) in [4.78, 5) is 26.6. The molecule has 1 amide bonds. The third-order valence-corrected chi connectivity index (χ3v) is 7.43. The lowest BCUT2D eigenvalue weighted by Crippen LogP contribution is -2.52. The van der Waals surface area contributed by atoms with Crippen LogP contribution < -0.4 is 10.2 Å². The molecule has 4 heterocycles. The van der Waals surface area contributed by atoms with Crippen molar-refractivity contribution >= 4 is 34.8 Å². The molecule has 9 heteroatoms. The number of fused-ring (bicyclic) bond motifs is 5. The topological polar surface area (TPSA) is 78.7 Å². The lowest BCUT2D eigenvalue weighted by atomic mass is 10.1. The fourth-order valence-corrected chi connectivity index (χ4v) is 5.55. The number of anilines is 3. The van der Waals surface area contributed by atoms with Crippen LogP contribution in [0.1, 0.15) is 49.2 Å². The summed E-state index contributed by atoms with van der Waals surface area (Å²) in [7, 11) is 1.79. The summed E-state index contributed by atoms with van der Waals surface area (Å²) < 4.78 is 16.1. The second-order valence-corrected chi connectivity index (χ2v) is 10.1. The van der Waals surface area contributed by atoms with Crippen molar-refractivity contribution in [1.82, 2.24) is 19.7 Å². The van der Waals surface area contributed by atoms with Gasteiger partial charge in [0.1, 0.15) is 22.9 Å². The number of hydrogen-bond donors (Lipinski definition) is 1. The van der Waals surface area contributed by atoms with E-state index in [0.29, 0.717) is 29.6 Å². The number of carbonyl (C=O) groups excluding carboxylic acids is 1. The second kappa shape index (κ2) is 9.55. The molecule has 1 aliphatic carbocycles.